The van der Waals surface area contributed by atoms with E-state index in [1.807, 2.05) is 0 Å². The van der Waals surface area contributed by atoms with Crippen molar-refractivity contribution in [2.24, 2.45) is 11.5 Å². The second-order valence-electron chi connectivity index (χ2n) is 3.19. The second kappa shape index (κ2) is 7.19. The van der Waals surface area contributed by atoms with Crippen molar-refractivity contribution in [3.05, 3.63) is 0 Å². The van der Waals surface area contributed by atoms with Gasteiger partial charge in [-0.2, -0.15) is 0 Å². The predicted molar refractivity (Wildman–Crippen MR) is 53.8 cm³/mol. The molecule has 0 aliphatic heterocycles. The molecule has 0 fully saturated rings. The molecule has 6 heteroatoms. The maximum atomic E-state index is 10.9. The number of methoxy groups -OCH3 is 2. The maximum Gasteiger partial charge on any atom is 0.322 e. The fourth-order valence-electron chi connectivity index (χ4n) is 1.10. The van der Waals surface area contributed by atoms with Gasteiger partial charge in [0.15, 0.2) is 0 Å². The van der Waals surface area contributed by atoms with E-state index in [4.69, 9.17) is 11.5 Å². The number of esters is 2. The fourth-order valence-corrected chi connectivity index (χ4v) is 1.10. The highest BCUT2D eigenvalue weighted by molar-refractivity contribution is 5.75. The summed E-state index contributed by atoms with van der Waals surface area (Å²) < 4.78 is 8.90. The normalized spacial score (nSPS) is 14.1. The Morgan fingerprint density at radius 3 is 1.60 bits per heavy atom. The van der Waals surface area contributed by atoms with E-state index in [0.29, 0.717) is 19.3 Å². The van der Waals surface area contributed by atoms with Gasteiger partial charge in [-0.25, -0.2) is 0 Å². The molecule has 0 bridgehead atoms. The molecule has 0 unspecified atom stereocenters. The quantitative estimate of drug-likeness (QED) is 0.563. The van der Waals surface area contributed by atoms with Gasteiger partial charge in [-0.3, -0.25) is 9.59 Å². The van der Waals surface area contributed by atoms with Gasteiger partial charge in [0, 0.05) is 0 Å². The van der Waals surface area contributed by atoms with Crippen molar-refractivity contribution < 1.29 is 19.1 Å². The first-order valence-electron chi connectivity index (χ1n) is 4.69. The Kier molecular flexibility index (Phi) is 6.64. The molecule has 0 saturated carbocycles. The number of carbonyl (C=O) groups is 2. The van der Waals surface area contributed by atoms with Gasteiger partial charge < -0.3 is 20.9 Å². The van der Waals surface area contributed by atoms with Crippen molar-refractivity contribution in [3.8, 4) is 0 Å². The van der Waals surface area contributed by atoms with E-state index in [9.17, 15) is 9.59 Å². The molecule has 0 aromatic rings. The summed E-state index contributed by atoms with van der Waals surface area (Å²) in [5.74, 6) is -0.914. The number of rotatable bonds is 6. The van der Waals surface area contributed by atoms with Crippen molar-refractivity contribution >= 4 is 11.9 Å². The van der Waals surface area contributed by atoms with E-state index in [-0.39, 0.29) is 0 Å². The minimum absolute atomic E-state index is 0.442. The van der Waals surface area contributed by atoms with Gasteiger partial charge in [-0.05, 0) is 19.3 Å². The van der Waals surface area contributed by atoms with Gasteiger partial charge in [0.05, 0.1) is 14.2 Å². The number of carbonyl (C=O) groups excluding carboxylic acids is 2. The van der Waals surface area contributed by atoms with Crippen LogP contribution in [0.2, 0.25) is 0 Å². The molecule has 2 atom stereocenters. The average Bonchev–Trinajstić information content (AvgIpc) is 2.26. The molecule has 0 heterocycles. The lowest BCUT2D eigenvalue weighted by molar-refractivity contribution is -0.142. The number of nitrogens with two attached hydrogens (primary N) is 2. The number of hydrogen-bond donors (Lipinski definition) is 2. The molecule has 0 spiro atoms. The van der Waals surface area contributed by atoms with Gasteiger partial charge in [-0.1, -0.05) is 0 Å². The lowest BCUT2D eigenvalue weighted by atomic mass is 10.1. The van der Waals surface area contributed by atoms with Crippen LogP contribution in [0.1, 0.15) is 19.3 Å². The lowest BCUT2D eigenvalue weighted by Crippen LogP contribution is -2.34. The van der Waals surface area contributed by atoms with E-state index in [1.54, 1.807) is 0 Å². The SMILES string of the molecule is COC(=O)[C@H](N)CCC[C@@H](N)C(=O)OC. The van der Waals surface area contributed by atoms with E-state index in [2.05, 4.69) is 9.47 Å². The largest absolute Gasteiger partial charge is 0.468 e. The molecule has 0 aromatic carbocycles. The molecule has 88 valence electrons. The predicted octanol–water partition coefficient (Wildman–Crippen LogP) is -0.843. The van der Waals surface area contributed by atoms with E-state index >= 15 is 0 Å². The van der Waals surface area contributed by atoms with Crippen molar-refractivity contribution in [3.63, 3.8) is 0 Å². The minimum Gasteiger partial charge on any atom is -0.468 e. The summed E-state index contributed by atoms with van der Waals surface area (Å²) in [6.45, 7) is 0. The van der Waals surface area contributed by atoms with Gasteiger partial charge in [-0.15, -0.1) is 0 Å². The molecule has 15 heavy (non-hydrogen) atoms. The van der Waals surface area contributed by atoms with Crippen LogP contribution in [0.3, 0.4) is 0 Å². The summed E-state index contributed by atoms with van der Waals surface area (Å²) in [6.07, 6.45) is 1.46. The molecular formula is C9H18N2O4. The van der Waals surface area contributed by atoms with Crippen LogP contribution in [0.4, 0.5) is 0 Å². The average molecular weight is 218 g/mol. The van der Waals surface area contributed by atoms with Gasteiger partial charge in [0.25, 0.3) is 0 Å². The molecule has 4 N–H and O–H groups in total. The second-order valence-corrected chi connectivity index (χ2v) is 3.19. The van der Waals surface area contributed by atoms with Crippen LogP contribution in [0, 0.1) is 0 Å². The van der Waals surface area contributed by atoms with Crippen LogP contribution in [0.25, 0.3) is 0 Å². The fraction of sp³-hybridized carbons (Fsp3) is 0.778. The molecule has 0 aromatic heterocycles. The highest BCUT2D eigenvalue weighted by atomic mass is 16.5. The zero-order chi connectivity index (χ0) is 11.8. The standard InChI is InChI=1S/C9H18N2O4/c1-14-8(12)6(10)4-3-5-7(11)9(13)15-2/h6-7H,3-5,10-11H2,1-2H3/t6-,7-/m1/s1. The smallest absolute Gasteiger partial charge is 0.322 e. The third kappa shape index (κ3) is 5.34. The Balaban J connectivity index is 3.70. The summed E-state index contributed by atoms with van der Waals surface area (Å²) >= 11 is 0. The zero-order valence-electron chi connectivity index (χ0n) is 9.06. The molecule has 0 rings (SSSR count). The summed E-state index contributed by atoms with van der Waals surface area (Å²) in [7, 11) is 2.56. The monoisotopic (exact) mass is 218 g/mol. The van der Waals surface area contributed by atoms with Crippen molar-refractivity contribution in [1.29, 1.82) is 0 Å². The molecule has 0 radical (unpaired) electrons. The molecule has 0 saturated heterocycles. The summed E-state index contributed by atoms with van der Waals surface area (Å²) in [4.78, 5) is 21.8. The molecule has 0 aliphatic rings. The molecule has 0 amide bonds. The van der Waals surface area contributed by atoms with E-state index in [0.717, 1.165) is 0 Å². The minimum atomic E-state index is -0.653. The molecule has 0 aliphatic carbocycles. The van der Waals surface area contributed by atoms with Crippen LogP contribution >= 0.6 is 0 Å². The Morgan fingerprint density at radius 1 is 1.00 bits per heavy atom. The summed E-state index contributed by atoms with van der Waals surface area (Å²) in [5, 5.41) is 0. The Labute approximate surface area is 88.9 Å². The Morgan fingerprint density at radius 2 is 1.33 bits per heavy atom. The first kappa shape index (κ1) is 13.9. The topological polar surface area (TPSA) is 105 Å². The Bertz CT molecular complexity index is 198. The van der Waals surface area contributed by atoms with Crippen LogP contribution < -0.4 is 11.5 Å². The van der Waals surface area contributed by atoms with Crippen LogP contribution in [-0.4, -0.2) is 38.2 Å². The summed E-state index contributed by atoms with van der Waals surface area (Å²) in [5.41, 5.74) is 11.0. The van der Waals surface area contributed by atoms with Crippen LogP contribution in [0.15, 0.2) is 0 Å². The highest BCUT2D eigenvalue weighted by Gasteiger charge is 2.16. The third-order valence-corrected chi connectivity index (χ3v) is 2.04. The number of hydrogen-bond acceptors (Lipinski definition) is 6. The highest BCUT2D eigenvalue weighted by Crippen LogP contribution is 2.03. The zero-order valence-corrected chi connectivity index (χ0v) is 9.06. The van der Waals surface area contributed by atoms with Gasteiger partial charge in [0.2, 0.25) is 0 Å². The first-order valence-corrected chi connectivity index (χ1v) is 4.69. The van der Waals surface area contributed by atoms with Gasteiger partial charge in [0.1, 0.15) is 12.1 Å². The lowest BCUT2D eigenvalue weighted by Gasteiger charge is -2.11. The van der Waals surface area contributed by atoms with Crippen LogP contribution in [0.5, 0.6) is 0 Å². The van der Waals surface area contributed by atoms with Crippen LogP contribution in [-0.2, 0) is 19.1 Å². The van der Waals surface area contributed by atoms with E-state index in [1.165, 1.54) is 14.2 Å². The van der Waals surface area contributed by atoms with Gasteiger partial charge >= 0.3 is 11.9 Å². The van der Waals surface area contributed by atoms with Crippen molar-refractivity contribution in [2.45, 2.75) is 31.3 Å². The molecular weight excluding hydrogens is 200 g/mol. The maximum absolute atomic E-state index is 10.9. The third-order valence-electron chi connectivity index (χ3n) is 2.04. The van der Waals surface area contributed by atoms with Crippen molar-refractivity contribution in [1.82, 2.24) is 0 Å². The van der Waals surface area contributed by atoms with E-state index < -0.39 is 24.0 Å². The summed E-state index contributed by atoms with van der Waals surface area (Å²) in [6, 6.07) is -1.31. The van der Waals surface area contributed by atoms with Crippen molar-refractivity contribution in [2.75, 3.05) is 14.2 Å². The number of ether oxygens (including phenoxy) is 2. The Hall–Kier alpha value is -1.14. The molecule has 6 nitrogen and oxygen atoms in total. The first-order chi connectivity index (χ1) is 7.02.